The van der Waals surface area contributed by atoms with Gasteiger partial charge in [0.2, 0.25) is 0 Å². The fraction of sp³-hybridized carbons (Fsp3) is 0.167. The Morgan fingerprint density at radius 1 is 1.29 bits per heavy atom. The van der Waals surface area contributed by atoms with Gasteiger partial charge in [-0.2, -0.15) is 0 Å². The van der Waals surface area contributed by atoms with E-state index in [2.05, 4.69) is 11.1 Å². The number of fused-ring (bicyclic) bond motifs is 2. The molecule has 0 saturated carbocycles. The third-order valence-corrected chi connectivity index (χ3v) is 5.57. The van der Waals surface area contributed by atoms with E-state index >= 15 is 0 Å². The van der Waals surface area contributed by atoms with Crippen molar-refractivity contribution in [2.24, 2.45) is 0 Å². The minimum absolute atomic E-state index is 0.434. The molecule has 3 heterocycles. The third kappa shape index (κ3) is 2.45. The number of thiophene rings is 1. The molecule has 0 unspecified atom stereocenters. The second-order valence-corrected chi connectivity index (χ2v) is 6.90. The molecule has 2 aromatic heterocycles. The predicted molar refractivity (Wildman–Crippen MR) is 92.6 cm³/mol. The highest BCUT2D eigenvalue weighted by Gasteiger charge is 2.23. The number of carboxylic acid groups (broad SMARTS) is 1. The summed E-state index contributed by atoms with van der Waals surface area (Å²) in [4.78, 5) is 30.4. The number of hydrogen-bond acceptors (Lipinski definition) is 4. The summed E-state index contributed by atoms with van der Waals surface area (Å²) >= 11 is 1.69. The van der Waals surface area contributed by atoms with Gasteiger partial charge >= 0.3 is 6.09 Å². The van der Waals surface area contributed by atoms with Crippen molar-refractivity contribution < 1.29 is 14.7 Å². The molecule has 1 aliphatic rings. The van der Waals surface area contributed by atoms with Crippen LogP contribution in [0.4, 0.5) is 4.79 Å². The van der Waals surface area contributed by atoms with Crippen LogP contribution in [-0.4, -0.2) is 33.9 Å². The molecule has 0 bridgehead atoms. The molecule has 3 aromatic rings. The van der Waals surface area contributed by atoms with Gasteiger partial charge in [0.15, 0.2) is 0 Å². The van der Waals surface area contributed by atoms with Gasteiger partial charge in [0, 0.05) is 39.0 Å². The summed E-state index contributed by atoms with van der Waals surface area (Å²) in [6.07, 6.45) is 2.47. The number of amides is 1. The van der Waals surface area contributed by atoms with E-state index < -0.39 is 6.09 Å². The van der Waals surface area contributed by atoms with Crippen LogP contribution in [0.25, 0.3) is 21.3 Å². The molecular formula is C18H14N2O3S. The SMILES string of the molecule is O=Cc1ccc2nccc(-c3cc4c(s3)CCN(C(=O)O)C4)c2c1. The quantitative estimate of drug-likeness (QED) is 0.721. The number of aromatic nitrogens is 1. The predicted octanol–water partition coefficient (Wildman–Crippen LogP) is 3.81. The maximum absolute atomic E-state index is 11.2. The number of hydrogen-bond donors (Lipinski definition) is 1. The van der Waals surface area contributed by atoms with Gasteiger partial charge in [0.05, 0.1) is 12.1 Å². The normalized spacial score (nSPS) is 13.8. The Kier molecular flexibility index (Phi) is 3.54. The first-order valence-electron chi connectivity index (χ1n) is 7.59. The summed E-state index contributed by atoms with van der Waals surface area (Å²) in [6, 6.07) is 9.48. The molecule has 120 valence electrons. The molecule has 0 radical (unpaired) electrons. The Morgan fingerprint density at radius 2 is 2.17 bits per heavy atom. The molecule has 6 heteroatoms. The largest absolute Gasteiger partial charge is 0.465 e. The standard InChI is InChI=1S/C18H14N2O3S/c21-10-11-1-2-15-14(7-11)13(3-5-19-15)17-8-12-9-20(18(22)23)6-4-16(12)24-17/h1-3,5,7-8,10H,4,6,9H2,(H,22,23). The third-order valence-electron chi connectivity index (χ3n) is 4.30. The lowest BCUT2D eigenvalue weighted by atomic mass is 10.0. The van der Waals surface area contributed by atoms with Crippen molar-refractivity contribution in [3.05, 3.63) is 52.5 Å². The fourth-order valence-corrected chi connectivity index (χ4v) is 4.28. The summed E-state index contributed by atoms with van der Waals surface area (Å²) in [6.45, 7) is 0.971. The van der Waals surface area contributed by atoms with Crippen molar-refractivity contribution in [3.63, 3.8) is 0 Å². The molecule has 0 saturated heterocycles. The van der Waals surface area contributed by atoms with E-state index in [1.165, 1.54) is 9.78 Å². The first kappa shape index (κ1) is 14.8. The Labute approximate surface area is 142 Å². The molecule has 0 spiro atoms. The van der Waals surface area contributed by atoms with Crippen molar-refractivity contribution in [2.45, 2.75) is 13.0 Å². The van der Waals surface area contributed by atoms with Gasteiger partial charge in [-0.15, -0.1) is 11.3 Å². The number of benzene rings is 1. The van der Waals surface area contributed by atoms with Gasteiger partial charge in [0.1, 0.15) is 6.29 Å². The first-order chi connectivity index (χ1) is 11.7. The van der Waals surface area contributed by atoms with Crippen LogP contribution in [0, 0.1) is 0 Å². The van der Waals surface area contributed by atoms with Crippen LogP contribution in [0.1, 0.15) is 20.8 Å². The Bertz CT molecular complexity index is 964. The van der Waals surface area contributed by atoms with Gasteiger partial charge in [-0.1, -0.05) is 0 Å². The minimum atomic E-state index is -0.876. The molecule has 0 fully saturated rings. The number of rotatable bonds is 2. The van der Waals surface area contributed by atoms with Crippen LogP contribution in [0.5, 0.6) is 0 Å². The highest BCUT2D eigenvalue weighted by atomic mass is 32.1. The molecule has 0 aliphatic carbocycles. The zero-order valence-corrected chi connectivity index (χ0v) is 13.5. The van der Waals surface area contributed by atoms with Crippen molar-refractivity contribution in [1.82, 2.24) is 9.88 Å². The monoisotopic (exact) mass is 338 g/mol. The highest BCUT2D eigenvalue weighted by Crippen LogP contribution is 2.37. The zero-order chi connectivity index (χ0) is 16.7. The summed E-state index contributed by atoms with van der Waals surface area (Å²) in [5.74, 6) is 0. The second-order valence-electron chi connectivity index (χ2n) is 5.77. The van der Waals surface area contributed by atoms with Crippen molar-refractivity contribution in [2.75, 3.05) is 6.54 Å². The van der Waals surface area contributed by atoms with Crippen molar-refractivity contribution in [3.8, 4) is 10.4 Å². The Hall–Kier alpha value is -2.73. The molecule has 24 heavy (non-hydrogen) atoms. The van der Waals surface area contributed by atoms with Crippen LogP contribution in [0.15, 0.2) is 36.5 Å². The summed E-state index contributed by atoms with van der Waals surface area (Å²) in [7, 11) is 0. The molecule has 4 rings (SSSR count). The number of nitrogens with zero attached hydrogens (tertiary/aromatic N) is 2. The van der Waals surface area contributed by atoms with E-state index in [1.54, 1.807) is 23.6 Å². The molecular weight excluding hydrogens is 324 g/mol. The lowest BCUT2D eigenvalue weighted by Crippen LogP contribution is -2.33. The Balaban J connectivity index is 1.81. The van der Waals surface area contributed by atoms with Gasteiger partial charge in [-0.05, 0) is 42.3 Å². The van der Waals surface area contributed by atoms with Crippen LogP contribution in [0.2, 0.25) is 0 Å². The van der Waals surface area contributed by atoms with E-state index in [9.17, 15) is 14.7 Å². The molecule has 1 amide bonds. The highest BCUT2D eigenvalue weighted by molar-refractivity contribution is 7.15. The topological polar surface area (TPSA) is 70.5 Å². The summed E-state index contributed by atoms with van der Waals surface area (Å²) in [5, 5.41) is 10.1. The number of carbonyl (C=O) groups excluding carboxylic acids is 1. The van der Waals surface area contributed by atoms with Crippen LogP contribution < -0.4 is 0 Å². The molecule has 1 N–H and O–H groups in total. The van der Waals surface area contributed by atoms with E-state index in [0.717, 1.165) is 39.6 Å². The van der Waals surface area contributed by atoms with Gasteiger partial charge in [-0.25, -0.2) is 4.79 Å². The van der Waals surface area contributed by atoms with E-state index in [-0.39, 0.29) is 0 Å². The second kappa shape index (κ2) is 5.72. The summed E-state index contributed by atoms with van der Waals surface area (Å²) < 4.78 is 0. The fourth-order valence-electron chi connectivity index (χ4n) is 3.08. The van der Waals surface area contributed by atoms with Crippen LogP contribution >= 0.6 is 11.3 Å². The molecule has 1 aliphatic heterocycles. The number of carbonyl (C=O) groups is 2. The van der Waals surface area contributed by atoms with Crippen molar-refractivity contribution in [1.29, 1.82) is 0 Å². The smallest absolute Gasteiger partial charge is 0.407 e. The average molecular weight is 338 g/mol. The maximum atomic E-state index is 11.2. The summed E-state index contributed by atoms with van der Waals surface area (Å²) in [5.41, 5.74) is 3.57. The van der Waals surface area contributed by atoms with Gasteiger partial charge in [-0.3, -0.25) is 9.78 Å². The van der Waals surface area contributed by atoms with Gasteiger partial charge in [0.25, 0.3) is 0 Å². The molecule has 5 nitrogen and oxygen atoms in total. The van der Waals surface area contributed by atoms with Crippen LogP contribution in [0.3, 0.4) is 0 Å². The van der Waals surface area contributed by atoms with Crippen LogP contribution in [-0.2, 0) is 13.0 Å². The van der Waals surface area contributed by atoms with Crippen molar-refractivity contribution >= 4 is 34.6 Å². The van der Waals surface area contributed by atoms with E-state index in [4.69, 9.17) is 0 Å². The number of pyridine rings is 1. The maximum Gasteiger partial charge on any atom is 0.407 e. The molecule has 1 aromatic carbocycles. The average Bonchev–Trinajstić information content (AvgIpc) is 3.03. The van der Waals surface area contributed by atoms with E-state index in [1.807, 2.05) is 18.2 Å². The van der Waals surface area contributed by atoms with E-state index in [0.29, 0.717) is 18.7 Å². The molecule has 0 atom stereocenters. The lowest BCUT2D eigenvalue weighted by Gasteiger charge is -2.23. The van der Waals surface area contributed by atoms with Gasteiger partial charge < -0.3 is 10.0 Å². The first-order valence-corrected chi connectivity index (χ1v) is 8.41. The number of aldehydes is 1. The zero-order valence-electron chi connectivity index (χ0n) is 12.7. The minimum Gasteiger partial charge on any atom is -0.465 e. The Morgan fingerprint density at radius 3 is 2.96 bits per heavy atom. The lowest BCUT2D eigenvalue weighted by molar-refractivity contribution is 0.112.